The van der Waals surface area contributed by atoms with E-state index in [0.717, 1.165) is 18.5 Å². The van der Waals surface area contributed by atoms with Crippen molar-refractivity contribution in [2.45, 2.75) is 50.6 Å². The van der Waals surface area contributed by atoms with Crippen molar-refractivity contribution < 1.29 is 0 Å². The van der Waals surface area contributed by atoms with E-state index in [1.807, 2.05) is 0 Å². The van der Waals surface area contributed by atoms with Crippen molar-refractivity contribution in [1.29, 1.82) is 0 Å². The van der Waals surface area contributed by atoms with Crippen molar-refractivity contribution >= 4 is 0 Å². The van der Waals surface area contributed by atoms with Crippen molar-refractivity contribution in [2.24, 2.45) is 5.92 Å². The maximum atomic E-state index is 3.51. The lowest BCUT2D eigenvalue weighted by atomic mass is 9.73. The molecule has 0 aromatic heterocycles. The van der Waals surface area contributed by atoms with Crippen LogP contribution in [0.25, 0.3) is 0 Å². The van der Waals surface area contributed by atoms with Gasteiger partial charge in [-0.15, -0.1) is 0 Å². The van der Waals surface area contributed by atoms with Gasteiger partial charge in [-0.1, -0.05) is 6.92 Å². The second kappa shape index (κ2) is 5.89. The van der Waals surface area contributed by atoms with Crippen LogP contribution in [0.4, 0.5) is 0 Å². The minimum absolute atomic E-state index is 0.479. The average molecular weight is 253 g/mol. The Morgan fingerprint density at radius 2 is 1.89 bits per heavy atom. The summed E-state index contributed by atoms with van der Waals surface area (Å²) >= 11 is 0. The van der Waals surface area contributed by atoms with E-state index in [4.69, 9.17) is 0 Å². The first-order chi connectivity index (χ1) is 8.59. The fraction of sp³-hybridized carbons (Fsp3) is 1.00. The molecule has 0 radical (unpaired) electrons. The van der Waals surface area contributed by atoms with Gasteiger partial charge in [0.1, 0.15) is 0 Å². The standard InChI is InChI=1S/C15H31N3/c1-5-16-11-13-7-8-14(13)18(4)12-15(17(2)3)9-6-10-15/h13-14,16H,5-12H2,1-4H3. The van der Waals surface area contributed by atoms with Gasteiger partial charge in [-0.25, -0.2) is 0 Å². The van der Waals surface area contributed by atoms with E-state index >= 15 is 0 Å². The highest BCUT2D eigenvalue weighted by Gasteiger charge is 2.43. The smallest absolute Gasteiger partial charge is 0.0330 e. The highest BCUT2D eigenvalue weighted by molar-refractivity contribution is 5.00. The van der Waals surface area contributed by atoms with Gasteiger partial charge >= 0.3 is 0 Å². The molecular weight excluding hydrogens is 222 g/mol. The molecule has 2 saturated carbocycles. The molecule has 2 rings (SSSR count). The lowest BCUT2D eigenvalue weighted by Crippen LogP contribution is -2.60. The fourth-order valence-corrected chi connectivity index (χ4v) is 3.61. The Hall–Kier alpha value is -0.120. The van der Waals surface area contributed by atoms with Crippen LogP contribution in [-0.2, 0) is 0 Å². The van der Waals surface area contributed by atoms with E-state index in [0.29, 0.717) is 5.54 Å². The predicted octanol–water partition coefficient (Wildman–Crippen LogP) is 1.79. The highest BCUT2D eigenvalue weighted by Crippen LogP contribution is 2.39. The molecular formula is C15H31N3. The zero-order valence-corrected chi connectivity index (χ0v) is 12.7. The van der Waals surface area contributed by atoms with E-state index < -0.39 is 0 Å². The first-order valence-electron chi connectivity index (χ1n) is 7.67. The number of likely N-dealkylation sites (N-methyl/N-ethyl adjacent to an activating group) is 2. The van der Waals surface area contributed by atoms with Crippen molar-refractivity contribution in [3.05, 3.63) is 0 Å². The molecule has 1 N–H and O–H groups in total. The van der Waals surface area contributed by atoms with Gasteiger partial charge in [0.05, 0.1) is 0 Å². The zero-order valence-electron chi connectivity index (χ0n) is 12.7. The second-order valence-electron chi connectivity index (χ2n) is 6.60. The molecule has 0 bridgehead atoms. The molecule has 2 atom stereocenters. The maximum absolute atomic E-state index is 3.51. The van der Waals surface area contributed by atoms with E-state index in [-0.39, 0.29) is 0 Å². The van der Waals surface area contributed by atoms with Gasteiger partial charge in [-0.05, 0) is 72.3 Å². The normalized spacial score (nSPS) is 30.3. The van der Waals surface area contributed by atoms with Gasteiger partial charge in [0.2, 0.25) is 0 Å². The molecule has 3 nitrogen and oxygen atoms in total. The maximum Gasteiger partial charge on any atom is 0.0330 e. The summed E-state index contributed by atoms with van der Waals surface area (Å²) in [6.45, 7) is 5.77. The summed E-state index contributed by atoms with van der Waals surface area (Å²) in [6.07, 6.45) is 6.99. The number of hydrogen-bond acceptors (Lipinski definition) is 3. The lowest BCUT2D eigenvalue weighted by Gasteiger charge is -2.53. The van der Waals surface area contributed by atoms with Crippen LogP contribution < -0.4 is 5.32 Å². The Morgan fingerprint density at radius 1 is 1.17 bits per heavy atom. The third-order valence-corrected chi connectivity index (χ3v) is 5.38. The van der Waals surface area contributed by atoms with Gasteiger partial charge < -0.3 is 15.1 Å². The minimum atomic E-state index is 0.479. The molecule has 0 aliphatic heterocycles. The minimum Gasteiger partial charge on any atom is -0.317 e. The molecule has 0 heterocycles. The Balaban J connectivity index is 1.82. The summed E-state index contributed by atoms with van der Waals surface area (Å²) in [5.41, 5.74) is 0.479. The predicted molar refractivity (Wildman–Crippen MR) is 78.0 cm³/mol. The molecule has 2 fully saturated rings. The summed E-state index contributed by atoms with van der Waals surface area (Å²) in [4.78, 5) is 5.11. The van der Waals surface area contributed by atoms with Gasteiger partial charge in [0.25, 0.3) is 0 Å². The summed E-state index contributed by atoms with van der Waals surface area (Å²) < 4.78 is 0. The van der Waals surface area contributed by atoms with Gasteiger partial charge in [-0.3, -0.25) is 0 Å². The summed E-state index contributed by atoms with van der Waals surface area (Å²) in [5.74, 6) is 0.884. The third kappa shape index (κ3) is 2.73. The Kier molecular flexibility index (Phi) is 4.68. The van der Waals surface area contributed by atoms with E-state index in [1.54, 1.807) is 0 Å². The molecule has 18 heavy (non-hydrogen) atoms. The average Bonchev–Trinajstić information content (AvgIpc) is 2.22. The molecule has 2 unspecified atom stereocenters. The van der Waals surface area contributed by atoms with Crippen LogP contribution in [0.15, 0.2) is 0 Å². The molecule has 106 valence electrons. The Bertz CT molecular complexity index is 260. The first kappa shape index (κ1) is 14.3. The van der Waals surface area contributed by atoms with Crippen molar-refractivity contribution in [3.8, 4) is 0 Å². The summed E-state index contributed by atoms with van der Waals surface area (Å²) in [6, 6.07) is 0.821. The van der Waals surface area contributed by atoms with Crippen molar-refractivity contribution in [1.82, 2.24) is 15.1 Å². The van der Waals surface area contributed by atoms with Crippen LogP contribution >= 0.6 is 0 Å². The fourth-order valence-electron chi connectivity index (χ4n) is 3.61. The second-order valence-corrected chi connectivity index (χ2v) is 6.60. The molecule has 0 spiro atoms. The monoisotopic (exact) mass is 253 g/mol. The molecule has 0 saturated heterocycles. The number of nitrogens with zero attached hydrogens (tertiary/aromatic N) is 2. The SMILES string of the molecule is CCNCC1CCC1N(C)CC1(N(C)C)CCC1. The van der Waals surface area contributed by atoms with E-state index in [2.05, 4.69) is 43.2 Å². The highest BCUT2D eigenvalue weighted by atomic mass is 15.2. The lowest BCUT2D eigenvalue weighted by molar-refractivity contribution is -0.0125. The molecule has 0 aromatic carbocycles. The third-order valence-electron chi connectivity index (χ3n) is 5.38. The molecule has 0 aromatic rings. The topological polar surface area (TPSA) is 18.5 Å². The van der Waals surface area contributed by atoms with Gasteiger partial charge in [0, 0.05) is 18.1 Å². The largest absolute Gasteiger partial charge is 0.317 e. The van der Waals surface area contributed by atoms with Gasteiger partial charge in [0.15, 0.2) is 0 Å². The van der Waals surface area contributed by atoms with Gasteiger partial charge in [-0.2, -0.15) is 0 Å². The van der Waals surface area contributed by atoms with Crippen LogP contribution in [0, 0.1) is 5.92 Å². The van der Waals surface area contributed by atoms with Crippen molar-refractivity contribution in [3.63, 3.8) is 0 Å². The number of rotatable bonds is 7. The van der Waals surface area contributed by atoms with Crippen LogP contribution in [0.2, 0.25) is 0 Å². The van der Waals surface area contributed by atoms with Crippen LogP contribution in [-0.4, -0.2) is 62.2 Å². The quantitative estimate of drug-likeness (QED) is 0.746. The number of nitrogens with one attached hydrogen (secondary N) is 1. The Labute approximate surface area is 113 Å². The Morgan fingerprint density at radius 3 is 2.28 bits per heavy atom. The molecule has 2 aliphatic rings. The number of hydrogen-bond donors (Lipinski definition) is 1. The van der Waals surface area contributed by atoms with Crippen LogP contribution in [0.3, 0.4) is 0 Å². The first-order valence-corrected chi connectivity index (χ1v) is 7.67. The van der Waals surface area contributed by atoms with E-state index in [9.17, 15) is 0 Å². The summed E-state index contributed by atoms with van der Waals surface area (Å²) in [5, 5.41) is 3.51. The zero-order chi connectivity index (χ0) is 13.2. The van der Waals surface area contributed by atoms with Crippen molar-refractivity contribution in [2.75, 3.05) is 40.8 Å². The van der Waals surface area contributed by atoms with Crippen LogP contribution in [0.5, 0.6) is 0 Å². The van der Waals surface area contributed by atoms with Crippen LogP contribution in [0.1, 0.15) is 39.0 Å². The van der Waals surface area contributed by atoms with E-state index in [1.165, 1.54) is 45.2 Å². The molecule has 3 heteroatoms. The molecule has 0 amide bonds. The molecule has 2 aliphatic carbocycles. The summed E-state index contributed by atoms with van der Waals surface area (Å²) in [7, 11) is 6.85.